The summed E-state index contributed by atoms with van der Waals surface area (Å²) in [5.74, 6) is -0.898. The minimum absolute atomic E-state index is 0.0727. The highest BCUT2D eigenvalue weighted by Crippen LogP contribution is 2.13. The number of allylic oxidation sites excluding steroid dienone is 4. The SMILES string of the molecule is CCCCCC/C=C\C/C=C\CCCCCCCCCC(=O)OCC(COC(=O)CCCCCCCC)OC(=O)CCCCCCCCC. The second-order valence-corrected chi connectivity index (χ2v) is 13.9. The highest BCUT2D eigenvalue weighted by atomic mass is 16.6. The van der Waals surface area contributed by atoms with Gasteiger partial charge in [0.25, 0.3) is 0 Å². The van der Waals surface area contributed by atoms with Gasteiger partial charge in [0, 0.05) is 19.3 Å². The highest BCUT2D eigenvalue weighted by Gasteiger charge is 2.19. The van der Waals surface area contributed by atoms with Gasteiger partial charge in [-0.1, -0.05) is 167 Å². The predicted molar refractivity (Wildman–Crippen MR) is 206 cm³/mol. The van der Waals surface area contributed by atoms with E-state index in [0.29, 0.717) is 19.3 Å². The average Bonchev–Trinajstić information content (AvgIpc) is 3.10. The number of rotatable bonds is 37. The topological polar surface area (TPSA) is 78.9 Å². The smallest absolute Gasteiger partial charge is 0.306 e. The molecular weight excluding hydrogens is 612 g/mol. The minimum Gasteiger partial charge on any atom is -0.462 e. The van der Waals surface area contributed by atoms with Crippen molar-refractivity contribution < 1.29 is 28.6 Å². The molecule has 0 aromatic heterocycles. The number of ether oxygens (including phenoxy) is 3. The van der Waals surface area contributed by atoms with Crippen LogP contribution in [0.5, 0.6) is 0 Å². The number of unbranched alkanes of at least 4 members (excludes halogenated alkanes) is 22. The molecule has 0 aliphatic rings. The Morgan fingerprint density at radius 1 is 0.408 bits per heavy atom. The van der Waals surface area contributed by atoms with Gasteiger partial charge in [-0.15, -0.1) is 0 Å². The monoisotopic (exact) mass is 691 g/mol. The number of esters is 3. The average molecular weight is 691 g/mol. The second-order valence-electron chi connectivity index (χ2n) is 13.9. The summed E-state index contributed by atoms with van der Waals surface area (Å²) in [5.41, 5.74) is 0. The Kier molecular flexibility index (Phi) is 37.0. The lowest BCUT2D eigenvalue weighted by Crippen LogP contribution is -2.30. The molecule has 6 nitrogen and oxygen atoms in total. The third-order valence-electron chi connectivity index (χ3n) is 8.96. The van der Waals surface area contributed by atoms with Crippen LogP contribution < -0.4 is 0 Å². The van der Waals surface area contributed by atoms with Gasteiger partial charge in [0.2, 0.25) is 0 Å². The van der Waals surface area contributed by atoms with Gasteiger partial charge in [-0.2, -0.15) is 0 Å². The summed E-state index contributed by atoms with van der Waals surface area (Å²) in [4.78, 5) is 37.2. The van der Waals surface area contributed by atoms with E-state index in [1.54, 1.807) is 0 Å². The normalized spacial score (nSPS) is 12.1. The van der Waals surface area contributed by atoms with E-state index in [1.165, 1.54) is 103 Å². The first-order valence-corrected chi connectivity index (χ1v) is 20.8. The van der Waals surface area contributed by atoms with Crippen LogP contribution in [-0.4, -0.2) is 37.2 Å². The van der Waals surface area contributed by atoms with Crippen LogP contribution in [0.15, 0.2) is 24.3 Å². The van der Waals surface area contributed by atoms with Gasteiger partial charge in [-0.05, 0) is 51.4 Å². The molecule has 0 aliphatic carbocycles. The Balaban J connectivity index is 4.17. The molecule has 0 bridgehead atoms. The molecule has 0 radical (unpaired) electrons. The fraction of sp³-hybridized carbons (Fsp3) is 0.837. The van der Waals surface area contributed by atoms with Crippen LogP contribution in [-0.2, 0) is 28.6 Å². The van der Waals surface area contributed by atoms with Crippen molar-refractivity contribution in [3.05, 3.63) is 24.3 Å². The summed E-state index contributed by atoms with van der Waals surface area (Å²) in [6, 6.07) is 0. The van der Waals surface area contributed by atoms with Crippen molar-refractivity contribution in [3.8, 4) is 0 Å². The van der Waals surface area contributed by atoms with E-state index in [9.17, 15) is 14.4 Å². The number of hydrogen-bond donors (Lipinski definition) is 0. The van der Waals surface area contributed by atoms with Gasteiger partial charge < -0.3 is 14.2 Å². The molecule has 286 valence electrons. The van der Waals surface area contributed by atoms with E-state index in [0.717, 1.165) is 70.6 Å². The van der Waals surface area contributed by atoms with Gasteiger partial charge in [-0.25, -0.2) is 0 Å². The Bertz CT molecular complexity index is 804. The zero-order valence-corrected chi connectivity index (χ0v) is 32.5. The number of carbonyl (C=O) groups excluding carboxylic acids is 3. The van der Waals surface area contributed by atoms with Gasteiger partial charge in [0.1, 0.15) is 13.2 Å². The lowest BCUT2D eigenvalue weighted by atomic mass is 10.1. The van der Waals surface area contributed by atoms with E-state index in [-0.39, 0.29) is 31.1 Å². The lowest BCUT2D eigenvalue weighted by molar-refractivity contribution is -0.167. The van der Waals surface area contributed by atoms with E-state index >= 15 is 0 Å². The molecule has 49 heavy (non-hydrogen) atoms. The molecule has 0 amide bonds. The van der Waals surface area contributed by atoms with E-state index in [4.69, 9.17) is 14.2 Å². The predicted octanol–water partition coefficient (Wildman–Crippen LogP) is 12.9. The molecule has 0 aromatic carbocycles. The fourth-order valence-electron chi connectivity index (χ4n) is 5.76. The number of carbonyl (C=O) groups is 3. The van der Waals surface area contributed by atoms with Crippen LogP contribution in [0.1, 0.15) is 213 Å². The maximum Gasteiger partial charge on any atom is 0.306 e. The summed E-state index contributed by atoms with van der Waals surface area (Å²) in [6.45, 7) is 6.50. The molecule has 0 saturated carbocycles. The van der Waals surface area contributed by atoms with Gasteiger partial charge in [-0.3, -0.25) is 14.4 Å². The molecule has 0 aliphatic heterocycles. The van der Waals surface area contributed by atoms with Crippen molar-refractivity contribution in [1.29, 1.82) is 0 Å². The molecule has 0 aromatic rings. The first-order valence-electron chi connectivity index (χ1n) is 20.8. The van der Waals surface area contributed by atoms with E-state index in [2.05, 4.69) is 45.1 Å². The van der Waals surface area contributed by atoms with Crippen molar-refractivity contribution in [2.45, 2.75) is 219 Å². The van der Waals surface area contributed by atoms with E-state index in [1.807, 2.05) is 0 Å². The summed E-state index contributed by atoms with van der Waals surface area (Å²) in [7, 11) is 0. The van der Waals surface area contributed by atoms with Crippen LogP contribution in [0.25, 0.3) is 0 Å². The molecule has 0 N–H and O–H groups in total. The standard InChI is InChI=1S/C43H78O6/c1-4-7-10-13-16-17-18-19-20-21-22-23-24-25-26-28-30-33-36-42(45)48-39-40(38-47-41(44)35-32-29-15-12-9-6-3)49-43(46)37-34-31-27-14-11-8-5-2/h17-18,20-21,40H,4-16,19,22-39H2,1-3H3/b18-17-,21-20-. The van der Waals surface area contributed by atoms with Crippen molar-refractivity contribution in [3.63, 3.8) is 0 Å². The van der Waals surface area contributed by atoms with Crippen LogP contribution in [0, 0.1) is 0 Å². The van der Waals surface area contributed by atoms with Crippen LogP contribution in [0.2, 0.25) is 0 Å². The van der Waals surface area contributed by atoms with Crippen LogP contribution >= 0.6 is 0 Å². The summed E-state index contributed by atoms with van der Waals surface area (Å²) >= 11 is 0. The van der Waals surface area contributed by atoms with Crippen molar-refractivity contribution in [2.24, 2.45) is 0 Å². The Labute approximate surface area is 303 Å². The largest absolute Gasteiger partial charge is 0.462 e. The quantitative estimate of drug-likeness (QED) is 0.0279. The van der Waals surface area contributed by atoms with Crippen molar-refractivity contribution >= 4 is 17.9 Å². The molecule has 1 unspecified atom stereocenters. The van der Waals surface area contributed by atoms with Crippen LogP contribution in [0.4, 0.5) is 0 Å². The van der Waals surface area contributed by atoms with Gasteiger partial charge in [0.05, 0.1) is 0 Å². The third kappa shape index (κ3) is 37.0. The fourth-order valence-corrected chi connectivity index (χ4v) is 5.76. The molecule has 0 rings (SSSR count). The van der Waals surface area contributed by atoms with Gasteiger partial charge in [0.15, 0.2) is 6.10 Å². The molecule has 6 heteroatoms. The molecule has 1 atom stereocenters. The number of hydrogen-bond acceptors (Lipinski definition) is 6. The summed E-state index contributed by atoms with van der Waals surface area (Å²) in [5, 5.41) is 0. The molecule has 0 spiro atoms. The van der Waals surface area contributed by atoms with E-state index < -0.39 is 6.10 Å². The Morgan fingerprint density at radius 3 is 1.14 bits per heavy atom. The lowest BCUT2D eigenvalue weighted by Gasteiger charge is -2.18. The van der Waals surface area contributed by atoms with Crippen LogP contribution in [0.3, 0.4) is 0 Å². The second kappa shape index (κ2) is 38.7. The maximum atomic E-state index is 12.5. The Morgan fingerprint density at radius 2 is 0.735 bits per heavy atom. The highest BCUT2D eigenvalue weighted by molar-refractivity contribution is 5.71. The molecular formula is C43H78O6. The van der Waals surface area contributed by atoms with Crippen molar-refractivity contribution in [2.75, 3.05) is 13.2 Å². The zero-order valence-electron chi connectivity index (χ0n) is 32.5. The van der Waals surface area contributed by atoms with Crippen molar-refractivity contribution in [1.82, 2.24) is 0 Å². The minimum atomic E-state index is -0.763. The zero-order chi connectivity index (χ0) is 35.9. The molecule has 0 heterocycles. The van der Waals surface area contributed by atoms with Gasteiger partial charge >= 0.3 is 17.9 Å². The first kappa shape index (κ1) is 46.9. The molecule has 0 saturated heterocycles. The third-order valence-corrected chi connectivity index (χ3v) is 8.96. The first-order chi connectivity index (χ1) is 24.0. The summed E-state index contributed by atoms with van der Waals surface area (Å²) < 4.78 is 16.5. The maximum absolute atomic E-state index is 12.5. The summed E-state index contributed by atoms with van der Waals surface area (Å²) in [6.07, 6.45) is 40.5. The molecule has 0 fully saturated rings. The Hall–Kier alpha value is -2.11.